The van der Waals surface area contributed by atoms with Gasteiger partial charge in [-0.1, -0.05) is 36.4 Å². The number of aryl methyl sites for hydroxylation is 3. The van der Waals surface area contributed by atoms with E-state index in [1.165, 1.54) is 29.2 Å². The fourth-order valence-corrected chi connectivity index (χ4v) is 3.54. The van der Waals surface area contributed by atoms with Crippen LogP contribution in [0.1, 0.15) is 22.3 Å². The van der Waals surface area contributed by atoms with Gasteiger partial charge in [-0.3, -0.25) is 9.59 Å². The van der Waals surface area contributed by atoms with E-state index in [0.29, 0.717) is 11.3 Å². The van der Waals surface area contributed by atoms with Crippen LogP contribution < -0.4 is 10.2 Å². The highest BCUT2D eigenvalue weighted by atomic mass is 19.1. The van der Waals surface area contributed by atoms with Crippen LogP contribution in [0.4, 0.5) is 15.8 Å². The first-order valence-corrected chi connectivity index (χ1v) is 9.65. The number of amides is 2. The van der Waals surface area contributed by atoms with Gasteiger partial charge in [-0.05, 0) is 73.4 Å². The standard InChI is InChI=1S/C25H21FN2O2/c1-15-5-4-6-20(13-15)28-24(29)22(18-9-11-19(26)12-10-18)23(25(28)30)27-21-14-16(2)7-8-17(21)3/h4-14,27H,1-3H3. The molecule has 30 heavy (non-hydrogen) atoms. The highest BCUT2D eigenvalue weighted by molar-refractivity contribution is 6.46. The SMILES string of the molecule is Cc1cccc(N2C(=O)C(Nc3cc(C)ccc3C)=C(c3ccc(F)cc3)C2=O)c1. The molecule has 0 saturated carbocycles. The molecule has 3 aromatic rings. The van der Waals surface area contributed by atoms with Crippen LogP contribution in [-0.2, 0) is 9.59 Å². The molecule has 5 heteroatoms. The fourth-order valence-electron chi connectivity index (χ4n) is 3.54. The zero-order valence-electron chi connectivity index (χ0n) is 17.0. The van der Waals surface area contributed by atoms with Crippen LogP contribution in [0.5, 0.6) is 0 Å². The molecule has 0 aliphatic carbocycles. The zero-order valence-corrected chi connectivity index (χ0v) is 17.0. The summed E-state index contributed by atoms with van der Waals surface area (Å²) < 4.78 is 13.5. The zero-order chi connectivity index (χ0) is 21.4. The van der Waals surface area contributed by atoms with Gasteiger partial charge >= 0.3 is 0 Å². The molecule has 1 aliphatic rings. The topological polar surface area (TPSA) is 49.4 Å². The van der Waals surface area contributed by atoms with E-state index in [1.54, 1.807) is 18.2 Å². The van der Waals surface area contributed by atoms with Crippen molar-refractivity contribution in [2.75, 3.05) is 10.2 Å². The van der Waals surface area contributed by atoms with Gasteiger partial charge in [0.05, 0.1) is 11.3 Å². The van der Waals surface area contributed by atoms with Crippen molar-refractivity contribution in [2.24, 2.45) is 0 Å². The maximum Gasteiger partial charge on any atom is 0.282 e. The van der Waals surface area contributed by atoms with E-state index in [1.807, 2.05) is 45.0 Å². The van der Waals surface area contributed by atoms with E-state index in [9.17, 15) is 14.0 Å². The van der Waals surface area contributed by atoms with Crippen LogP contribution in [0.15, 0.2) is 72.4 Å². The van der Waals surface area contributed by atoms with Crippen LogP contribution in [0.25, 0.3) is 5.57 Å². The minimum Gasteiger partial charge on any atom is -0.350 e. The Hall–Kier alpha value is -3.73. The summed E-state index contributed by atoms with van der Waals surface area (Å²) in [4.78, 5) is 27.9. The van der Waals surface area contributed by atoms with Crippen molar-refractivity contribution in [3.63, 3.8) is 0 Å². The van der Waals surface area contributed by atoms with E-state index in [4.69, 9.17) is 0 Å². The molecule has 0 aromatic heterocycles. The summed E-state index contributed by atoms with van der Waals surface area (Å²) in [6, 6.07) is 18.7. The Morgan fingerprint density at radius 3 is 2.20 bits per heavy atom. The summed E-state index contributed by atoms with van der Waals surface area (Å²) in [5.41, 5.74) is 5.05. The van der Waals surface area contributed by atoms with Crippen LogP contribution >= 0.6 is 0 Å². The molecule has 1 heterocycles. The van der Waals surface area contributed by atoms with E-state index in [-0.39, 0.29) is 11.3 Å². The molecule has 1 aliphatic heterocycles. The molecule has 3 aromatic carbocycles. The van der Waals surface area contributed by atoms with Crippen molar-refractivity contribution < 1.29 is 14.0 Å². The second-order valence-corrected chi connectivity index (χ2v) is 7.48. The molecular weight excluding hydrogens is 379 g/mol. The number of anilines is 2. The van der Waals surface area contributed by atoms with Crippen molar-refractivity contribution in [3.05, 3.63) is 100 Å². The summed E-state index contributed by atoms with van der Waals surface area (Å²) in [5, 5.41) is 3.18. The number of carbonyl (C=O) groups excluding carboxylic acids is 2. The lowest BCUT2D eigenvalue weighted by Crippen LogP contribution is -2.32. The molecule has 4 rings (SSSR count). The summed E-state index contributed by atoms with van der Waals surface area (Å²) in [6.07, 6.45) is 0. The number of nitrogens with one attached hydrogen (secondary N) is 1. The Morgan fingerprint density at radius 1 is 0.800 bits per heavy atom. The van der Waals surface area contributed by atoms with E-state index in [2.05, 4.69) is 5.32 Å². The van der Waals surface area contributed by atoms with Crippen LogP contribution in [0.3, 0.4) is 0 Å². The van der Waals surface area contributed by atoms with Gasteiger partial charge in [0.25, 0.3) is 11.8 Å². The largest absolute Gasteiger partial charge is 0.350 e. The number of halogens is 1. The molecule has 0 spiro atoms. The van der Waals surface area contributed by atoms with Gasteiger partial charge in [0, 0.05) is 5.69 Å². The number of imide groups is 1. The number of hydrogen-bond acceptors (Lipinski definition) is 3. The monoisotopic (exact) mass is 400 g/mol. The highest BCUT2D eigenvalue weighted by Gasteiger charge is 2.40. The van der Waals surface area contributed by atoms with Crippen molar-refractivity contribution >= 4 is 28.8 Å². The van der Waals surface area contributed by atoms with Crippen molar-refractivity contribution in [1.29, 1.82) is 0 Å². The lowest BCUT2D eigenvalue weighted by Gasteiger charge is -2.16. The quantitative estimate of drug-likeness (QED) is 0.617. The van der Waals surface area contributed by atoms with Crippen molar-refractivity contribution in [2.45, 2.75) is 20.8 Å². The van der Waals surface area contributed by atoms with Gasteiger partial charge in [-0.2, -0.15) is 0 Å². The Balaban J connectivity index is 1.85. The summed E-state index contributed by atoms with van der Waals surface area (Å²) in [6.45, 7) is 5.79. The molecule has 0 atom stereocenters. The summed E-state index contributed by atoms with van der Waals surface area (Å²) in [5.74, 6) is -1.29. The third kappa shape index (κ3) is 3.50. The number of rotatable bonds is 4. The smallest absolute Gasteiger partial charge is 0.282 e. The van der Waals surface area contributed by atoms with Gasteiger partial charge < -0.3 is 5.32 Å². The molecule has 0 radical (unpaired) electrons. The molecule has 0 saturated heterocycles. The molecule has 0 fully saturated rings. The number of nitrogens with zero attached hydrogens (tertiary/aromatic N) is 1. The Morgan fingerprint density at radius 2 is 1.50 bits per heavy atom. The maximum atomic E-state index is 13.5. The van der Waals surface area contributed by atoms with E-state index in [0.717, 1.165) is 22.4 Å². The first-order chi connectivity index (χ1) is 14.3. The Bertz CT molecular complexity index is 1200. The summed E-state index contributed by atoms with van der Waals surface area (Å²) in [7, 11) is 0. The third-order valence-electron chi connectivity index (χ3n) is 5.13. The first kappa shape index (κ1) is 19.6. The number of carbonyl (C=O) groups is 2. The normalized spacial score (nSPS) is 13.9. The molecule has 4 nitrogen and oxygen atoms in total. The predicted octanol–water partition coefficient (Wildman–Crippen LogP) is 5.15. The van der Waals surface area contributed by atoms with Crippen LogP contribution in [0.2, 0.25) is 0 Å². The highest BCUT2D eigenvalue weighted by Crippen LogP contribution is 2.34. The van der Waals surface area contributed by atoms with Gasteiger partial charge in [0.1, 0.15) is 11.5 Å². The molecule has 150 valence electrons. The summed E-state index contributed by atoms with van der Waals surface area (Å²) >= 11 is 0. The maximum absolute atomic E-state index is 13.5. The van der Waals surface area contributed by atoms with Gasteiger partial charge in [0.2, 0.25) is 0 Å². The van der Waals surface area contributed by atoms with Crippen molar-refractivity contribution in [1.82, 2.24) is 0 Å². The first-order valence-electron chi connectivity index (χ1n) is 9.65. The molecule has 0 unspecified atom stereocenters. The van der Waals surface area contributed by atoms with E-state index < -0.39 is 17.6 Å². The van der Waals surface area contributed by atoms with E-state index >= 15 is 0 Å². The van der Waals surface area contributed by atoms with Crippen LogP contribution in [-0.4, -0.2) is 11.8 Å². The predicted molar refractivity (Wildman–Crippen MR) is 117 cm³/mol. The Labute approximate surface area is 174 Å². The molecule has 1 N–H and O–H groups in total. The Kier molecular flexibility index (Phi) is 4.96. The van der Waals surface area contributed by atoms with Gasteiger partial charge in [0.15, 0.2) is 0 Å². The second kappa shape index (κ2) is 7.59. The average molecular weight is 400 g/mol. The van der Waals surface area contributed by atoms with Crippen molar-refractivity contribution in [3.8, 4) is 0 Å². The molecular formula is C25H21FN2O2. The van der Waals surface area contributed by atoms with Gasteiger partial charge in [-0.25, -0.2) is 9.29 Å². The number of hydrogen-bond donors (Lipinski definition) is 1. The lowest BCUT2D eigenvalue weighted by atomic mass is 10.0. The molecule has 2 amide bonds. The third-order valence-corrected chi connectivity index (χ3v) is 5.13. The average Bonchev–Trinajstić information content (AvgIpc) is 2.95. The minimum absolute atomic E-state index is 0.182. The lowest BCUT2D eigenvalue weighted by molar-refractivity contribution is -0.120. The minimum atomic E-state index is -0.440. The molecule has 0 bridgehead atoms. The van der Waals surface area contributed by atoms with Gasteiger partial charge in [-0.15, -0.1) is 0 Å². The second-order valence-electron chi connectivity index (χ2n) is 7.48. The van der Waals surface area contributed by atoms with Crippen LogP contribution in [0, 0.1) is 26.6 Å². The fraction of sp³-hybridized carbons (Fsp3) is 0.120. The number of benzene rings is 3.